The van der Waals surface area contributed by atoms with Crippen LogP contribution in [0, 0.1) is 0 Å². The van der Waals surface area contributed by atoms with Crippen molar-refractivity contribution in [3.05, 3.63) is 47.8 Å². The molecule has 1 aliphatic rings. The summed E-state index contributed by atoms with van der Waals surface area (Å²) < 4.78 is 55.3. The molecule has 0 bridgehead atoms. The largest absolute Gasteiger partial charge is 0.347 e. The second kappa shape index (κ2) is 10.4. The number of nitrogens with zero attached hydrogens (tertiary/aromatic N) is 3. The summed E-state index contributed by atoms with van der Waals surface area (Å²) >= 11 is 0. The SMILES string of the molecule is CCN(CC)S(=O)(=O)c1ccc(CNC(=O)c2cc(S(=O)(=O)N3CCCCC3)cn2C)cc1. The van der Waals surface area contributed by atoms with Gasteiger partial charge < -0.3 is 9.88 Å². The number of amides is 1. The fourth-order valence-corrected chi connectivity index (χ4v) is 6.97. The maximum absolute atomic E-state index is 12.9. The van der Waals surface area contributed by atoms with Gasteiger partial charge in [-0.05, 0) is 36.6 Å². The molecule has 1 fully saturated rings. The smallest absolute Gasteiger partial charge is 0.268 e. The fourth-order valence-electron chi connectivity index (χ4n) is 3.92. The molecule has 1 aromatic heterocycles. The lowest BCUT2D eigenvalue weighted by Crippen LogP contribution is -2.35. The molecule has 3 rings (SSSR count). The van der Waals surface area contributed by atoms with Gasteiger partial charge in [0.05, 0.1) is 4.90 Å². The van der Waals surface area contributed by atoms with Crippen LogP contribution in [0.4, 0.5) is 0 Å². The number of rotatable bonds is 9. The Morgan fingerprint density at radius 3 is 2.15 bits per heavy atom. The minimum atomic E-state index is -3.62. The molecule has 182 valence electrons. The number of hydrogen-bond acceptors (Lipinski definition) is 5. The Morgan fingerprint density at radius 1 is 0.970 bits per heavy atom. The van der Waals surface area contributed by atoms with Gasteiger partial charge in [0.15, 0.2) is 0 Å². The maximum Gasteiger partial charge on any atom is 0.268 e. The molecule has 1 N–H and O–H groups in total. The predicted molar refractivity (Wildman–Crippen MR) is 126 cm³/mol. The average molecular weight is 497 g/mol. The molecule has 0 spiro atoms. The quantitative estimate of drug-likeness (QED) is 0.572. The third-order valence-corrected chi connectivity index (χ3v) is 9.81. The molecule has 0 atom stereocenters. The summed E-state index contributed by atoms with van der Waals surface area (Å²) in [5.74, 6) is -0.405. The molecular formula is C22H32N4O5S2. The number of aromatic nitrogens is 1. The van der Waals surface area contributed by atoms with Crippen LogP contribution in [0.25, 0.3) is 0 Å². The molecule has 9 nitrogen and oxygen atoms in total. The Hall–Kier alpha value is -2.21. The number of benzene rings is 1. The second-order valence-corrected chi connectivity index (χ2v) is 11.9. The van der Waals surface area contributed by atoms with Crippen molar-refractivity contribution in [1.29, 1.82) is 0 Å². The van der Waals surface area contributed by atoms with Crippen LogP contribution in [0.15, 0.2) is 46.3 Å². The van der Waals surface area contributed by atoms with Crippen LogP contribution in [-0.4, -0.2) is 62.1 Å². The molecule has 0 aliphatic carbocycles. The van der Waals surface area contributed by atoms with Crippen molar-refractivity contribution < 1.29 is 21.6 Å². The summed E-state index contributed by atoms with van der Waals surface area (Å²) in [7, 11) is -5.52. The van der Waals surface area contributed by atoms with E-state index in [-0.39, 0.29) is 22.0 Å². The monoisotopic (exact) mass is 496 g/mol. The van der Waals surface area contributed by atoms with E-state index >= 15 is 0 Å². The zero-order valence-corrected chi connectivity index (χ0v) is 21.0. The zero-order valence-electron chi connectivity index (χ0n) is 19.3. The highest BCUT2D eigenvalue weighted by molar-refractivity contribution is 7.89. The van der Waals surface area contributed by atoms with Gasteiger partial charge in [-0.3, -0.25) is 4.79 Å². The van der Waals surface area contributed by atoms with Crippen LogP contribution >= 0.6 is 0 Å². The first-order valence-corrected chi connectivity index (χ1v) is 14.0. The summed E-state index contributed by atoms with van der Waals surface area (Å²) in [4.78, 5) is 13.0. The van der Waals surface area contributed by atoms with Crippen molar-refractivity contribution in [1.82, 2.24) is 18.5 Å². The molecule has 33 heavy (non-hydrogen) atoms. The number of hydrogen-bond donors (Lipinski definition) is 1. The maximum atomic E-state index is 12.9. The Morgan fingerprint density at radius 2 is 1.58 bits per heavy atom. The van der Waals surface area contributed by atoms with Crippen LogP contribution in [0.3, 0.4) is 0 Å². The van der Waals surface area contributed by atoms with Crippen LogP contribution in [0.5, 0.6) is 0 Å². The lowest BCUT2D eigenvalue weighted by Gasteiger charge is -2.25. The number of aryl methyl sites for hydroxylation is 1. The highest BCUT2D eigenvalue weighted by Crippen LogP contribution is 2.22. The zero-order chi connectivity index (χ0) is 24.2. The van der Waals surface area contributed by atoms with Gasteiger partial charge >= 0.3 is 0 Å². The summed E-state index contributed by atoms with van der Waals surface area (Å²) in [6.07, 6.45) is 4.17. The van der Waals surface area contributed by atoms with Crippen molar-refractivity contribution in [2.45, 2.75) is 49.4 Å². The number of piperidine rings is 1. The lowest BCUT2D eigenvalue weighted by molar-refractivity contribution is 0.0942. The number of carbonyl (C=O) groups is 1. The topological polar surface area (TPSA) is 109 Å². The number of sulfonamides is 2. The minimum absolute atomic E-state index is 0.114. The van der Waals surface area contributed by atoms with E-state index in [1.165, 1.54) is 37.6 Å². The van der Waals surface area contributed by atoms with Gasteiger partial charge in [0.2, 0.25) is 20.0 Å². The molecule has 0 saturated carbocycles. The van der Waals surface area contributed by atoms with Crippen LogP contribution in [0.1, 0.15) is 49.2 Å². The highest BCUT2D eigenvalue weighted by atomic mass is 32.2. The minimum Gasteiger partial charge on any atom is -0.347 e. The molecule has 1 saturated heterocycles. The van der Waals surface area contributed by atoms with Crippen LogP contribution in [0.2, 0.25) is 0 Å². The molecular weight excluding hydrogens is 464 g/mol. The van der Waals surface area contributed by atoms with Crippen LogP contribution in [-0.2, 0) is 33.6 Å². The van der Waals surface area contributed by atoms with Crippen molar-refractivity contribution in [2.75, 3.05) is 26.2 Å². The molecule has 11 heteroatoms. The van der Waals surface area contributed by atoms with Crippen molar-refractivity contribution in [2.24, 2.45) is 7.05 Å². The van der Waals surface area contributed by atoms with Gasteiger partial charge in [0, 0.05) is 46.0 Å². The van der Waals surface area contributed by atoms with E-state index in [1.807, 2.05) is 0 Å². The fraction of sp³-hybridized carbons (Fsp3) is 0.500. The summed E-state index contributed by atoms with van der Waals surface area (Å²) in [5.41, 5.74) is 0.975. The first kappa shape index (κ1) is 25.4. The van der Waals surface area contributed by atoms with Gasteiger partial charge in [0.1, 0.15) is 10.6 Å². The van der Waals surface area contributed by atoms with Gasteiger partial charge in [0.25, 0.3) is 5.91 Å². The van der Waals surface area contributed by atoms with E-state index in [2.05, 4.69) is 5.32 Å². The Balaban J connectivity index is 1.68. The third kappa shape index (κ3) is 5.48. The standard InChI is InChI=1S/C22H32N4O5S2/c1-4-25(5-2)32(28,29)19-11-9-18(10-12-19)16-23-22(27)21-15-20(17-24(21)3)33(30,31)26-13-7-6-8-14-26/h9-12,15,17H,4-8,13-14,16H2,1-3H3,(H,23,27). The average Bonchev–Trinajstić information content (AvgIpc) is 3.21. The molecule has 2 heterocycles. The van der Waals surface area contributed by atoms with E-state index in [9.17, 15) is 21.6 Å². The molecule has 0 radical (unpaired) electrons. The van der Waals surface area contributed by atoms with E-state index in [4.69, 9.17) is 0 Å². The summed E-state index contributed by atoms with van der Waals surface area (Å²) in [6, 6.07) is 7.78. The first-order chi connectivity index (χ1) is 15.6. The first-order valence-electron chi connectivity index (χ1n) is 11.1. The Labute approximate surface area is 196 Å². The normalized spacial score (nSPS) is 15.6. The lowest BCUT2D eigenvalue weighted by atomic mass is 10.2. The molecule has 0 unspecified atom stereocenters. The van der Waals surface area contributed by atoms with Crippen molar-refractivity contribution in [3.8, 4) is 0 Å². The predicted octanol–water partition coefficient (Wildman–Crippen LogP) is 2.16. The van der Waals surface area contributed by atoms with Gasteiger partial charge in [-0.25, -0.2) is 16.8 Å². The van der Waals surface area contributed by atoms with Gasteiger partial charge in [-0.1, -0.05) is 32.4 Å². The van der Waals surface area contributed by atoms with Crippen LogP contribution < -0.4 is 5.32 Å². The number of carbonyl (C=O) groups excluding carboxylic acids is 1. The van der Waals surface area contributed by atoms with E-state index in [0.29, 0.717) is 26.2 Å². The molecule has 1 aromatic carbocycles. The Kier molecular flexibility index (Phi) is 7.99. The third-order valence-electron chi connectivity index (χ3n) is 5.88. The van der Waals surface area contributed by atoms with E-state index < -0.39 is 26.0 Å². The molecule has 1 aliphatic heterocycles. The van der Waals surface area contributed by atoms with Gasteiger partial charge in [-0.15, -0.1) is 0 Å². The Bertz CT molecular complexity index is 1180. The van der Waals surface area contributed by atoms with Crippen molar-refractivity contribution >= 4 is 26.0 Å². The number of nitrogens with one attached hydrogen (secondary N) is 1. The molecule has 2 aromatic rings. The van der Waals surface area contributed by atoms with E-state index in [0.717, 1.165) is 24.8 Å². The van der Waals surface area contributed by atoms with Crippen molar-refractivity contribution in [3.63, 3.8) is 0 Å². The molecule has 1 amide bonds. The summed E-state index contributed by atoms with van der Waals surface area (Å²) in [6.45, 7) is 5.54. The second-order valence-electron chi connectivity index (χ2n) is 8.05. The highest BCUT2D eigenvalue weighted by Gasteiger charge is 2.28. The summed E-state index contributed by atoms with van der Waals surface area (Å²) in [5, 5.41) is 2.78. The van der Waals surface area contributed by atoms with E-state index in [1.54, 1.807) is 33.0 Å². The van der Waals surface area contributed by atoms with Gasteiger partial charge in [-0.2, -0.15) is 8.61 Å².